The molecular formula is C15H13FO. The standard InChI is InChI=1S/C15H13FO/c1-10-4-3-5-13(11(10)2)14-8-12(9-17)6-7-15(14)16/h3-9H,1-2H3. The Morgan fingerprint density at radius 3 is 2.53 bits per heavy atom. The van der Waals surface area contributed by atoms with E-state index in [4.69, 9.17) is 0 Å². The quantitative estimate of drug-likeness (QED) is 0.712. The minimum absolute atomic E-state index is 0.302. The molecule has 0 saturated heterocycles. The van der Waals surface area contributed by atoms with Crippen molar-refractivity contribution in [2.45, 2.75) is 13.8 Å². The van der Waals surface area contributed by atoms with E-state index in [-0.39, 0.29) is 5.82 Å². The maximum atomic E-state index is 13.8. The van der Waals surface area contributed by atoms with Gasteiger partial charge in [-0.15, -0.1) is 0 Å². The van der Waals surface area contributed by atoms with E-state index in [9.17, 15) is 9.18 Å². The summed E-state index contributed by atoms with van der Waals surface area (Å²) in [7, 11) is 0. The molecule has 0 aliphatic heterocycles. The Kier molecular flexibility index (Phi) is 3.05. The van der Waals surface area contributed by atoms with Gasteiger partial charge in [0.15, 0.2) is 0 Å². The van der Waals surface area contributed by atoms with Crippen LogP contribution >= 0.6 is 0 Å². The van der Waals surface area contributed by atoms with Crippen LogP contribution in [0.3, 0.4) is 0 Å². The summed E-state index contributed by atoms with van der Waals surface area (Å²) in [6.07, 6.45) is 0.730. The van der Waals surface area contributed by atoms with Crippen molar-refractivity contribution in [2.75, 3.05) is 0 Å². The summed E-state index contributed by atoms with van der Waals surface area (Å²) in [4.78, 5) is 10.7. The van der Waals surface area contributed by atoms with Crippen LogP contribution in [-0.2, 0) is 0 Å². The predicted molar refractivity (Wildman–Crippen MR) is 66.7 cm³/mol. The highest BCUT2D eigenvalue weighted by Crippen LogP contribution is 2.28. The van der Waals surface area contributed by atoms with Gasteiger partial charge in [-0.25, -0.2) is 4.39 Å². The number of aryl methyl sites for hydroxylation is 1. The number of carbonyl (C=O) groups is 1. The van der Waals surface area contributed by atoms with Crippen LogP contribution in [0.5, 0.6) is 0 Å². The number of hydrogen-bond acceptors (Lipinski definition) is 1. The van der Waals surface area contributed by atoms with Gasteiger partial charge in [0, 0.05) is 11.1 Å². The zero-order valence-electron chi connectivity index (χ0n) is 9.83. The maximum Gasteiger partial charge on any atom is 0.150 e. The van der Waals surface area contributed by atoms with Crippen molar-refractivity contribution in [3.63, 3.8) is 0 Å². The second kappa shape index (κ2) is 4.50. The molecule has 2 rings (SSSR count). The molecule has 0 fully saturated rings. The SMILES string of the molecule is Cc1cccc(-c2cc(C=O)ccc2F)c1C. The zero-order chi connectivity index (χ0) is 12.4. The predicted octanol–water partition coefficient (Wildman–Crippen LogP) is 3.92. The van der Waals surface area contributed by atoms with Crippen LogP contribution < -0.4 is 0 Å². The highest BCUT2D eigenvalue weighted by atomic mass is 19.1. The van der Waals surface area contributed by atoms with Gasteiger partial charge in [0.05, 0.1) is 0 Å². The summed E-state index contributed by atoms with van der Waals surface area (Å²) in [5.41, 5.74) is 3.96. The molecule has 2 heteroatoms. The van der Waals surface area contributed by atoms with Gasteiger partial charge in [0.2, 0.25) is 0 Å². The van der Waals surface area contributed by atoms with Gasteiger partial charge in [-0.05, 0) is 48.7 Å². The summed E-state index contributed by atoms with van der Waals surface area (Å²) in [6, 6.07) is 10.2. The van der Waals surface area contributed by atoms with E-state index in [1.807, 2.05) is 32.0 Å². The lowest BCUT2D eigenvalue weighted by Gasteiger charge is -2.10. The summed E-state index contributed by atoms with van der Waals surface area (Å²) in [5, 5.41) is 0. The molecule has 0 amide bonds. The van der Waals surface area contributed by atoms with Crippen molar-refractivity contribution in [2.24, 2.45) is 0 Å². The van der Waals surface area contributed by atoms with E-state index < -0.39 is 0 Å². The number of halogens is 1. The molecule has 0 unspecified atom stereocenters. The molecule has 0 aliphatic carbocycles. The average Bonchev–Trinajstić information content (AvgIpc) is 2.34. The van der Waals surface area contributed by atoms with Crippen LogP contribution in [0.2, 0.25) is 0 Å². The fourth-order valence-corrected chi connectivity index (χ4v) is 1.87. The van der Waals surface area contributed by atoms with E-state index in [0.717, 1.165) is 23.0 Å². The first kappa shape index (κ1) is 11.5. The second-order valence-electron chi connectivity index (χ2n) is 4.10. The van der Waals surface area contributed by atoms with E-state index in [2.05, 4.69) is 0 Å². The summed E-state index contributed by atoms with van der Waals surface area (Å²) < 4.78 is 13.8. The van der Waals surface area contributed by atoms with Crippen LogP contribution in [0.15, 0.2) is 36.4 Å². The molecule has 17 heavy (non-hydrogen) atoms. The molecule has 1 nitrogen and oxygen atoms in total. The number of aldehydes is 1. The molecule has 0 radical (unpaired) electrons. The number of rotatable bonds is 2. The lowest BCUT2D eigenvalue weighted by atomic mass is 9.96. The van der Waals surface area contributed by atoms with E-state index >= 15 is 0 Å². The molecule has 0 spiro atoms. The fourth-order valence-electron chi connectivity index (χ4n) is 1.87. The highest BCUT2D eigenvalue weighted by Gasteiger charge is 2.09. The van der Waals surface area contributed by atoms with Gasteiger partial charge in [0.1, 0.15) is 12.1 Å². The van der Waals surface area contributed by atoms with Crippen molar-refractivity contribution < 1.29 is 9.18 Å². The maximum absolute atomic E-state index is 13.8. The Hall–Kier alpha value is -1.96. The molecular weight excluding hydrogens is 215 g/mol. The molecule has 2 aromatic rings. The molecule has 2 aromatic carbocycles. The molecule has 0 atom stereocenters. The third kappa shape index (κ3) is 2.11. The summed E-state index contributed by atoms with van der Waals surface area (Å²) in [5.74, 6) is -0.302. The Bertz CT molecular complexity index is 573. The molecule has 0 heterocycles. The van der Waals surface area contributed by atoms with Gasteiger partial charge in [0.25, 0.3) is 0 Å². The Morgan fingerprint density at radius 1 is 1.06 bits per heavy atom. The van der Waals surface area contributed by atoms with Gasteiger partial charge in [-0.2, -0.15) is 0 Å². The molecule has 0 aromatic heterocycles. The van der Waals surface area contributed by atoms with E-state index in [1.54, 1.807) is 6.07 Å². The topological polar surface area (TPSA) is 17.1 Å². The summed E-state index contributed by atoms with van der Waals surface area (Å²) in [6.45, 7) is 3.94. The minimum atomic E-state index is -0.302. The highest BCUT2D eigenvalue weighted by molar-refractivity contribution is 5.80. The smallest absolute Gasteiger partial charge is 0.150 e. The van der Waals surface area contributed by atoms with Gasteiger partial charge < -0.3 is 0 Å². The molecule has 0 N–H and O–H groups in total. The number of benzene rings is 2. The molecule has 0 bridgehead atoms. The fraction of sp³-hybridized carbons (Fsp3) is 0.133. The monoisotopic (exact) mass is 228 g/mol. The largest absolute Gasteiger partial charge is 0.298 e. The van der Waals surface area contributed by atoms with Crippen molar-refractivity contribution in [3.8, 4) is 11.1 Å². The Morgan fingerprint density at radius 2 is 1.82 bits per heavy atom. The van der Waals surface area contributed by atoms with Crippen LogP contribution in [0, 0.1) is 19.7 Å². The van der Waals surface area contributed by atoms with Crippen molar-refractivity contribution in [1.82, 2.24) is 0 Å². The third-order valence-electron chi connectivity index (χ3n) is 3.02. The van der Waals surface area contributed by atoms with E-state index in [0.29, 0.717) is 11.1 Å². The number of carbonyl (C=O) groups excluding carboxylic acids is 1. The van der Waals surface area contributed by atoms with Gasteiger partial charge in [-0.3, -0.25) is 4.79 Å². The van der Waals surface area contributed by atoms with Gasteiger partial charge >= 0.3 is 0 Å². The summed E-state index contributed by atoms with van der Waals surface area (Å²) >= 11 is 0. The second-order valence-corrected chi connectivity index (χ2v) is 4.10. The van der Waals surface area contributed by atoms with Crippen molar-refractivity contribution in [3.05, 3.63) is 58.9 Å². The van der Waals surface area contributed by atoms with E-state index in [1.165, 1.54) is 12.1 Å². The molecule has 0 aliphatic rings. The third-order valence-corrected chi connectivity index (χ3v) is 3.02. The van der Waals surface area contributed by atoms with Crippen LogP contribution in [0.1, 0.15) is 21.5 Å². The average molecular weight is 228 g/mol. The number of hydrogen-bond donors (Lipinski definition) is 0. The Balaban J connectivity index is 2.67. The van der Waals surface area contributed by atoms with Crippen molar-refractivity contribution >= 4 is 6.29 Å². The minimum Gasteiger partial charge on any atom is -0.298 e. The van der Waals surface area contributed by atoms with Gasteiger partial charge in [-0.1, -0.05) is 18.2 Å². The van der Waals surface area contributed by atoms with Crippen LogP contribution in [-0.4, -0.2) is 6.29 Å². The lowest BCUT2D eigenvalue weighted by Crippen LogP contribution is -1.92. The lowest BCUT2D eigenvalue weighted by molar-refractivity contribution is 0.112. The molecule has 86 valence electrons. The van der Waals surface area contributed by atoms with Crippen molar-refractivity contribution in [1.29, 1.82) is 0 Å². The first-order valence-electron chi connectivity index (χ1n) is 5.45. The normalized spacial score (nSPS) is 10.3. The zero-order valence-corrected chi connectivity index (χ0v) is 9.83. The van der Waals surface area contributed by atoms with Crippen LogP contribution in [0.4, 0.5) is 4.39 Å². The first-order valence-corrected chi connectivity index (χ1v) is 5.45. The molecule has 0 saturated carbocycles. The first-order chi connectivity index (χ1) is 8.13. The Labute approximate surface area is 99.9 Å². The van der Waals surface area contributed by atoms with Crippen LogP contribution in [0.25, 0.3) is 11.1 Å².